The summed E-state index contributed by atoms with van der Waals surface area (Å²) in [4.78, 5) is 15.6. The van der Waals surface area contributed by atoms with E-state index in [1.807, 2.05) is 35.4 Å². The van der Waals surface area contributed by atoms with Crippen molar-refractivity contribution in [3.63, 3.8) is 0 Å². The summed E-state index contributed by atoms with van der Waals surface area (Å²) in [6.07, 6.45) is 5.45. The Kier molecular flexibility index (Phi) is 4.95. The van der Waals surface area contributed by atoms with Gasteiger partial charge in [0.1, 0.15) is 0 Å². The topological polar surface area (TPSA) is 20.3 Å². The zero-order chi connectivity index (χ0) is 13.0. The highest BCUT2D eigenvalue weighted by molar-refractivity contribution is 7.98. The van der Waals surface area contributed by atoms with E-state index in [4.69, 9.17) is 11.6 Å². The van der Waals surface area contributed by atoms with Gasteiger partial charge in [-0.1, -0.05) is 12.1 Å². The Balaban J connectivity index is 2.21. The van der Waals surface area contributed by atoms with Crippen LogP contribution in [0.15, 0.2) is 29.2 Å². The van der Waals surface area contributed by atoms with Gasteiger partial charge in [-0.05, 0) is 37.7 Å². The van der Waals surface area contributed by atoms with Crippen molar-refractivity contribution in [2.75, 3.05) is 18.7 Å². The Hall–Kier alpha value is -0.670. The van der Waals surface area contributed by atoms with Gasteiger partial charge in [0.2, 0.25) is 0 Å². The standard InChI is InChI=1S/C14H18ClNOS/c1-18-13-8-3-2-7-12(13)14(17)16(10-9-15)11-5-4-6-11/h2-3,7-8,11H,4-6,9-10H2,1H3. The van der Waals surface area contributed by atoms with Gasteiger partial charge in [0.05, 0.1) is 5.56 Å². The lowest BCUT2D eigenvalue weighted by atomic mass is 9.91. The SMILES string of the molecule is CSc1ccccc1C(=O)N(CCCl)C1CCC1. The van der Waals surface area contributed by atoms with E-state index in [1.54, 1.807) is 11.8 Å². The first kappa shape index (κ1) is 13.8. The fraction of sp³-hybridized carbons (Fsp3) is 0.500. The van der Waals surface area contributed by atoms with Gasteiger partial charge in [-0.25, -0.2) is 0 Å². The van der Waals surface area contributed by atoms with E-state index >= 15 is 0 Å². The van der Waals surface area contributed by atoms with Crippen LogP contribution < -0.4 is 0 Å². The van der Waals surface area contributed by atoms with Crippen LogP contribution in [0.5, 0.6) is 0 Å². The van der Waals surface area contributed by atoms with Gasteiger partial charge in [-0.3, -0.25) is 4.79 Å². The minimum Gasteiger partial charge on any atom is -0.334 e. The van der Waals surface area contributed by atoms with Gasteiger partial charge in [0.15, 0.2) is 0 Å². The zero-order valence-corrected chi connectivity index (χ0v) is 12.1. The zero-order valence-electron chi connectivity index (χ0n) is 10.6. The van der Waals surface area contributed by atoms with Gasteiger partial charge in [-0.2, -0.15) is 0 Å². The number of hydrogen-bond acceptors (Lipinski definition) is 2. The monoisotopic (exact) mass is 283 g/mol. The summed E-state index contributed by atoms with van der Waals surface area (Å²) < 4.78 is 0. The number of carbonyl (C=O) groups excluding carboxylic acids is 1. The number of alkyl halides is 1. The Morgan fingerprint density at radius 3 is 2.72 bits per heavy atom. The van der Waals surface area contributed by atoms with E-state index in [2.05, 4.69) is 0 Å². The number of amides is 1. The van der Waals surface area contributed by atoms with Gasteiger partial charge in [0.25, 0.3) is 5.91 Å². The van der Waals surface area contributed by atoms with Crippen molar-refractivity contribution in [1.29, 1.82) is 0 Å². The fourth-order valence-corrected chi connectivity index (χ4v) is 2.99. The van der Waals surface area contributed by atoms with Crippen molar-refractivity contribution in [2.45, 2.75) is 30.2 Å². The summed E-state index contributed by atoms with van der Waals surface area (Å²) in [5.74, 6) is 0.634. The third-order valence-electron chi connectivity index (χ3n) is 3.44. The summed E-state index contributed by atoms with van der Waals surface area (Å²) in [5.41, 5.74) is 0.807. The van der Waals surface area contributed by atoms with Gasteiger partial charge < -0.3 is 4.90 Å². The highest BCUT2D eigenvalue weighted by Gasteiger charge is 2.29. The average Bonchev–Trinajstić information content (AvgIpc) is 2.35. The molecule has 0 radical (unpaired) electrons. The average molecular weight is 284 g/mol. The molecule has 0 aromatic heterocycles. The second-order valence-corrected chi connectivity index (χ2v) is 5.70. The molecule has 0 saturated heterocycles. The molecule has 2 nitrogen and oxygen atoms in total. The molecule has 0 unspecified atom stereocenters. The largest absolute Gasteiger partial charge is 0.334 e. The molecule has 0 heterocycles. The highest BCUT2D eigenvalue weighted by Crippen LogP contribution is 2.28. The van der Waals surface area contributed by atoms with E-state index in [9.17, 15) is 4.79 Å². The summed E-state index contributed by atoms with van der Waals surface area (Å²) in [6.45, 7) is 0.647. The van der Waals surface area contributed by atoms with E-state index in [-0.39, 0.29) is 5.91 Å². The molecule has 98 valence electrons. The Morgan fingerprint density at radius 1 is 1.44 bits per heavy atom. The molecule has 1 aromatic carbocycles. The van der Waals surface area contributed by atoms with Crippen molar-refractivity contribution >= 4 is 29.3 Å². The van der Waals surface area contributed by atoms with Crippen LogP contribution in [0.1, 0.15) is 29.6 Å². The predicted octanol–water partition coefficient (Wildman–Crippen LogP) is 3.64. The summed E-state index contributed by atoms with van der Waals surface area (Å²) in [6, 6.07) is 8.20. The second-order valence-electron chi connectivity index (χ2n) is 4.47. The Morgan fingerprint density at radius 2 is 2.17 bits per heavy atom. The molecule has 0 N–H and O–H groups in total. The number of rotatable bonds is 5. The third-order valence-corrected chi connectivity index (χ3v) is 4.40. The van der Waals surface area contributed by atoms with Crippen molar-refractivity contribution < 1.29 is 4.79 Å². The number of thioether (sulfide) groups is 1. The summed E-state index contributed by atoms with van der Waals surface area (Å²) in [5, 5.41) is 0. The van der Waals surface area contributed by atoms with Crippen molar-refractivity contribution in [3.8, 4) is 0 Å². The molecule has 18 heavy (non-hydrogen) atoms. The lowest BCUT2D eigenvalue weighted by molar-refractivity contribution is 0.0594. The molecule has 1 aromatic rings. The maximum absolute atomic E-state index is 12.6. The number of benzene rings is 1. The quantitative estimate of drug-likeness (QED) is 0.607. The Labute approximate surface area is 118 Å². The van der Waals surface area contributed by atoms with Crippen LogP contribution >= 0.6 is 23.4 Å². The lowest BCUT2D eigenvalue weighted by Gasteiger charge is -2.37. The lowest BCUT2D eigenvalue weighted by Crippen LogP contribution is -2.45. The molecule has 2 rings (SSSR count). The van der Waals surface area contributed by atoms with Crippen LogP contribution in [-0.4, -0.2) is 35.5 Å². The van der Waals surface area contributed by atoms with E-state index < -0.39 is 0 Å². The highest BCUT2D eigenvalue weighted by atomic mass is 35.5. The molecular formula is C14H18ClNOS. The van der Waals surface area contributed by atoms with Crippen molar-refractivity contribution in [2.24, 2.45) is 0 Å². The van der Waals surface area contributed by atoms with Gasteiger partial charge in [0, 0.05) is 23.4 Å². The van der Waals surface area contributed by atoms with Crippen molar-refractivity contribution in [1.82, 2.24) is 4.90 Å². The van der Waals surface area contributed by atoms with Crippen LogP contribution in [0, 0.1) is 0 Å². The summed E-state index contributed by atoms with van der Waals surface area (Å²) in [7, 11) is 0. The molecule has 0 aliphatic heterocycles. The molecule has 4 heteroatoms. The molecule has 1 amide bonds. The first-order valence-electron chi connectivity index (χ1n) is 6.28. The molecule has 1 fully saturated rings. The first-order chi connectivity index (χ1) is 8.77. The van der Waals surface area contributed by atoms with E-state index in [0.29, 0.717) is 18.5 Å². The third kappa shape index (κ3) is 2.83. The molecular weight excluding hydrogens is 266 g/mol. The maximum Gasteiger partial charge on any atom is 0.255 e. The van der Waals surface area contributed by atoms with Gasteiger partial charge in [-0.15, -0.1) is 23.4 Å². The first-order valence-corrected chi connectivity index (χ1v) is 8.03. The Bertz CT molecular complexity index is 420. The molecule has 0 bridgehead atoms. The molecule has 0 atom stereocenters. The number of nitrogens with zero attached hydrogens (tertiary/aromatic N) is 1. The van der Waals surface area contributed by atoms with E-state index in [0.717, 1.165) is 23.3 Å². The smallest absolute Gasteiger partial charge is 0.255 e. The minimum absolute atomic E-state index is 0.130. The summed E-state index contributed by atoms with van der Waals surface area (Å²) >= 11 is 7.44. The van der Waals surface area contributed by atoms with E-state index in [1.165, 1.54) is 6.42 Å². The number of hydrogen-bond donors (Lipinski definition) is 0. The van der Waals surface area contributed by atoms with Crippen molar-refractivity contribution in [3.05, 3.63) is 29.8 Å². The minimum atomic E-state index is 0.130. The van der Waals surface area contributed by atoms with Gasteiger partial charge >= 0.3 is 0 Å². The molecule has 0 spiro atoms. The molecule has 1 aliphatic rings. The van der Waals surface area contributed by atoms with Crippen LogP contribution in [0.25, 0.3) is 0 Å². The normalized spacial score (nSPS) is 15.2. The number of halogens is 1. The fourth-order valence-electron chi connectivity index (χ4n) is 2.22. The maximum atomic E-state index is 12.6. The van der Waals surface area contributed by atoms with Crippen LogP contribution in [0.4, 0.5) is 0 Å². The van der Waals surface area contributed by atoms with Crippen LogP contribution in [-0.2, 0) is 0 Å². The second kappa shape index (κ2) is 6.48. The van der Waals surface area contributed by atoms with Crippen LogP contribution in [0.2, 0.25) is 0 Å². The van der Waals surface area contributed by atoms with Crippen LogP contribution in [0.3, 0.4) is 0 Å². The molecule has 1 saturated carbocycles. The predicted molar refractivity (Wildman–Crippen MR) is 77.6 cm³/mol. The molecule has 1 aliphatic carbocycles. The number of carbonyl (C=O) groups is 1.